The van der Waals surface area contributed by atoms with Crippen LogP contribution in [-0.2, 0) is 17.8 Å². The Bertz CT molecular complexity index is 1010. The summed E-state index contributed by atoms with van der Waals surface area (Å²) < 4.78 is 2.82. The number of nitrogens with zero attached hydrogens (tertiary/aromatic N) is 4. The molecule has 1 aromatic carbocycles. The molecule has 26 heavy (non-hydrogen) atoms. The lowest BCUT2D eigenvalue weighted by Crippen LogP contribution is -2.36. The van der Waals surface area contributed by atoms with E-state index in [9.17, 15) is 9.59 Å². The lowest BCUT2D eigenvalue weighted by atomic mass is 9.99. The molecule has 7 nitrogen and oxygen atoms in total. The van der Waals surface area contributed by atoms with Crippen molar-refractivity contribution in [3.05, 3.63) is 58.6 Å². The molecule has 1 aliphatic rings. The maximum Gasteiger partial charge on any atom is 0.350 e. The molecule has 3 heterocycles. The number of amides is 1. The van der Waals surface area contributed by atoms with Crippen molar-refractivity contribution in [1.29, 1.82) is 0 Å². The van der Waals surface area contributed by atoms with Crippen LogP contribution in [0.4, 0.5) is 11.4 Å². The third-order valence-corrected chi connectivity index (χ3v) is 4.61. The van der Waals surface area contributed by atoms with E-state index in [4.69, 9.17) is 5.73 Å². The number of pyridine rings is 1. The fraction of sp³-hybridized carbons (Fsp3) is 0.278. The summed E-state index contributed by atoms with van der Waals surface area (Å²) in [7, 11) is 0. The molecule has 136 valence electrons. The van der Waals surface area contributed by atoms with Crippen molar-refractivity contribution < 1.29 is 4.79 Å². The van der Waals surface area contributed by atoms with Gasteiger partial charge in [0.25, 0.3) is 0 Å². The van der Waals surface area contributed by atoms with Gasteiger partial charge >= 0.3 is 5.69 Å². The van der Waals surface area contributed by atoms with Crippen molar-refractivity contribution in [2.24, 2.45) is 0 Å². The van der Waals surface area contributed by atoms with Gasteiger partial charge in [0.15, 0.2) is 5.65 Å². The Hall–Kier alpha value is -2.80. The minimum atomic E-state index is -0.230. The van der Waals surface area contributed by atoms with Crippen LogP contribution in [0.1, 0.15) is 18.4 Å². The van der Waals surface area contributed by atoms with Crippen LogP contribution in [-0.4, -0.2) is 26.6 Å². The minimum Gasteiger partial charge on any atom is -0.398 e. The van der Waals surface area contributed by atoms with E-state index in [-0.39, 0.29) is 37.0 Å². The third kappa shape index (κ3) is 3.06. The number of nitrogen functional groups attached to an aromatic ring is 1. The average Bonchev–Trinajstić information content (AvgIpc) is 2.96. The predicted octanol–water partition coefficient (Wildman–Crippen LogP) is 1.87. The van der Waals surface area contributed by atoms with Crippen molar-refractivity contribution in [2.75, 3.05) is 17.2 Å². The Morgan fingerprint density at radius 1 is 1.19 bits per heavy atom. The van der Waals surface area contributed by atoms with Gasteiger partial charge < -0.3 is 10.6 Å². The number of aryl methyl sites for hydroxylation is 1. The first-order chi connectivity index (χ1) is 12.1. The molecule has 1 aliphatic heterocycles. The Kier molecular flexibility index (Phi) is 4.99. The van der Waals surface area contributed by atoms with E-state index in [0.717, 1.165) is 29.8 Å². The lowest BCUT2D eigenvalue weighted by molar-refractivity contribution is -0.119. The minimum absolute atomic E-state index is 0. The monoisotopic (exact) mass is 373 g/mol. The molecule has 4 rings (SSSR count). The Morgan fingerprint density at radius 3 is 2.85 bits per heavy atom. The quantitative estimate of drug-likeness (QED) is 0.710. The number of aromatic nitrogens is 3. The van der Waals surface area contributed by atoms with Gasteiger partial charge in [-0.15, -0.1) is 17.5 Å². The first-order valence-electron chi connectivity index (χ1n) is 8.37. The smallest absolute Gasteiger partial charge is 0.350 e. The van der Waals surface area contributed by atoms with E-state index in [1.54, 1.807) is 23.2 Å². The number of benzene rings is 1. The number of fused-ring (bicyclic) bond motifs is 2. The summed E-state index contributed by atoms with van der Waals surface area (Å²) in [6.07, 6.45) is 3.67. The van der Waals surface area contributed by atoms with Gasteiger partial charge in [-0.3, -0.25) is 9.20 Å². The SMILES string of the molecule is Cl.Nc1cccc2c1CCCN2C(=O)CCn1nc2ccccn2c1=O. The summed E-state index contributed by atoms with van der Waals surface area (Å²) in [5.74, 6) is -0.0180. The van der Waals surface area contributed by atoms with E-state index in [1.807, 2.05) is 24.3 Å². The third-order valence-electron chi connectivity index (χ3n) is 4.61. The first-order valence-corrected chi connectivity index (χ1v) is 8.37. The predicted molar refractivity (Wildman–Crippen MR) is 103 cm³/mol. The van der Waals surface area contributed by atoms with Crippen LogP contribution in [0.5, 0.6) is 0 Å². The zero-order chi connectivity index (χ0) is 17.4. The van der Waals surface area contributed by atoms with Crippen LogP contribution < -0.4 is 16.3 Å². The summed E-state index contributed by atoms with van der Waals surface area (Å²) in [4.78, 5) is 26.8. The highest BCUT2D eigenvalue weighted by Crippen LogP contribution is 2.31. The standard InChI is InChI=1S/C18H19N5O2.ClH/c19-14-6-3-7-15-13(14)5-4-11-21(15)17(24)9-12-23-18(25)22-10-2-1-8-16(22)20-23;/h1-3,6-8,10H,4-5,9,11-12,19H2;1H. The van der Waals surface area contributed by atoms with Crippen molar-refractivity contribution in [3.8, 4) is 0 Å². The molecule has 2 aromatic heterocycles. The molecule has 3 aromatic rings. The molecule has 0 bridgehead atoms. The highest BCUT2D eigenvalue weighted by Gasteiger charge is 2.23. The Labute approximate surface area is 156 Å². The topological polar surface area (TPSA) is 85.6 Å². The molecule has 0 aliphatic carbocycles. The molecule has 0 fully saturated rings. The molecule has 0 spiro atoms. The molecule has 1 amide bonds. The molecule has 0 unspecified atom stereocenters. The van der Waals surface area contributed by atoms with E-state index in [2.05, 4.69) is 5.10 Å². The van der Waals surface area contributed by atoms with Gasteiger partial charge in [-0.05, 0) is 42.7 Å². The molecule has 0 saturated heterocycles. The van der Waals surface area contributed by atoms with Crippen LogP contribution in [0.3, 0.4) is 0 Å². The van der Waals surface area contributed by atoms with Crippen molar-refractivity contribution in [1.82, 2.24) is 14.2 Å². The maximum absolute atomic E-state index is 12.7. The Morgan fingerprint density at radius 2 is 2.04 bits per heavy atom. The molecule has 0 radical (unpaired) electrons. The van der Waals surface area contributed by atoms with E-state index in [1.165, 1.54) is 9.08 Å². The number of carbonyl (C=O) groups excluding carboxylic acids is 1. The number of nitrogens with two attached hydrogens (primary N) is 1. The van der Waals surface area contributed by atoms with Gasteiger partial charge in [-0.1, -0.05) is 12.1 Å². The second-order valence-electron chi connectivity index (χ2n) is 6.18. The van der Waals surface area contributed by atoms with Crippen molar-refractivity contribution in [2.45, 2.75) is 25.8 Å². The average molecular weight is 374 g/mol. The van der Waals surface area contributed by atoms with Crippen LogP contribution in [0.2, 0.25) is 0 Å². The van der Waals surface area contributed by atoms with Crippen LogP contribution >= 0.6 is 12.4 Å². The van der Waals surface area contributed by atoms with E-state index >= 15 is 0 Å². The number of anilines is 2. The summed E-state index contributed by atoms with van der Waals surface area (Å²) in [6, 6.07) is 11.0. The van der Waals surface area contributed by atoms with Crippen molar-refractivity contribution in [3.63, 3.8) is 0 Å². The van der Waals surface area contributed by atoms with E-state index in [0.29, 0.717) is 12.2 Å². The zero-order valence-electron chi connectivity index (χ0n) is 14.2. The normalized spacial score (nSPS) is 13.3. The van der Waals surface area contributed by atoms with Gasteiger partial charge in [-0.2, -0.15) is 0 Å². The van der Waals surface area contributed by atoms with Gasteiger partial charge in [0.05, 0.1) is 6.54 Å². The van der Waals surface area contributed by atoms with Crippen LogP contribution in [0, 0.1) is 0 Å². The van der Waals surface area contributed by atoms with Gasteiger partial charge in [-0.25, -0.2) is 9.48 Å². The first kappa shape index (κ1) is 18.0. The summed E-state index contributed by atoms with van der Waals surface area (Å²) in [5.41, 5.74) is 9.04. The van der Waals surface area contributed by atoms with Crippen molar-refractivity contribution >= 4 is 35.3 Å². The number of halogens is 1. The highest BCUT2D eigenvalue weighted by atomic mass is 35.5. The summed E-state index contributed by atoms with van der Waals surface area (Å²) >= 11 is 0. The molecular weight excluding hydrogens is 354 g/mol. The molecule has 0 atom stereocenters. The number of hydrogen-bond acceptors (Lipinski definition) is 4. The lowest BCUT2D eigenvalue weighted by Gasteiger charge is -2.30. The summed E-state index contributed by atoms with van der Waals surface area (Å²) in [6.45, 7) is 0.933. The fourth-order valence-electron chi connectivity index (χ4n) is 3.36. The number of hydrogen-bond donors (Lipinski definition) is 1. The molecular formula is C18H20ClN5O2. The van der Waals surface area contributed by atoms with E-state index < -0.39 is 0 Å². The highest BCUT2D eigenvalue weighted by molar-refractivity contribution is 5.95. The van der Waals surface area contributed by atoms with Gasteiger partial charge in [0.2, 0.25) is 5.91 Å². The molecule has 0 saturated carbocycles. The summed E-state index contributed by atoms with van der Waals surface area (Å²) in [5, 5.41) is 4.26. The number of carbonyl (C=O) groups is 1. The van der Waals surface area contributed by atoms with Crippen LogP contribution in [0.15, 0.2) is 47.4 Å². The largest absolute Gasteiger partial charge is 0.398 e. The second-order valence-corrected chi connectivity index (χ2v) is 6.18. The van der Waals surface area contributed by atoms with Gasteiger partial charge in [0.1, 0.15) is 0 Å². The zero-order valence-corrected chi connectivity index (χ0v) is 15.0. The van der Waals surface area contributed by atoms with Gasteiger partial charge in [0, 0.05) is 30.5 Å². The van der Waals surface area contributed by atoms with Crippen LogP contribution in [0.25, 0.3) is 5.65 Å². The second kappa shape index (κ2) is 7.21. The Balaban J connectivity index is 0.00000196. The molecule has 2 N–H and O–H groups in total. The maximum atomic E-state index is 12.7. The number of rotatable bonds is 3. The molecule has 8 heteroatoms. The fourth-order valence-corrected chi connectivity index (χ4v) is 3.36.